The first-order valence-electron chi connectivity index (χ1n) is 7.92. The quantitative estimate of drug-likeness (QED) is 0.685. The summed E-state index contributed by atoms with van der Waals surface area (Å²) in [6.07, 6.45) is 0. The van der Waals surface area contributed by atoms with Crippen molar-refractivity contribution in [3.8, 4) is 5.75 Å². The van der Waals surface area contributed by atoms with E-state index in [9.17, 15) is 9.59 Å². The van der Waals surface area contributed by atoms with Gasteiger partial charge in [0, 0.05) is 11.2 Å². The standard InChI is InChI=1S/C17H26ClN3O3/c1-6-21(11-16(23)20-17(2,3)4)10-15(22)19-12-7-8-14(24-5)13(18)9-12/h7-9H,6,10-11H2,1-5H3,(H,19,22)(H,20,23)/p+1. The zero-order chi connectivity index (χ0) is 18.3. The molecule has 0 radical (unpaired) electrons. The summed E-state index contributed by atoms with van der Waals surface area (Å²) in [5.41, 5.74) is 0.318. The highest BCUT2D eigenvalue weighted by atomic mass is 35.5. The normalized spacial score (nSPS) is 12.4. The van der Waals surface area contributed by atoms with E-state index >= 15 is 0 Å². The number of quaternary nitrogens is 1. The van der Waals surface area contributed by atoms with Gasteiger partial charge in [0.15, 0.2) is 13.1 Å². The third-order valence-corrected chi connectivity index (χ3v) is 3.57. The van der Waals surface area contributed by atoms with Gasteiger partial charge in [-0.3, -0.25) is 9.59 Å². The van der Waals surface area contributed by atoms with Crippen LogP contribution in [-0.2, 0) is 9.59 Å². The average molecular weight is 357 g/mol. The number of amides is 2. The van der Waals surface area contributed by atoms with Crippen LogP contribution in [0.3, 0.4) is 0 Å². The van der Waals surface area contributed by atoms with Gasteiger partial charge in [-0.05, 0) is 45.9 Å². The molecule has 0 fully saturated rings. The molecule has 0 saturated heterocycles. The van der Waals surface area contributed by atoms with Crippen LogP contribution in [0.15, 0.2) is 18.2 Å². The van der Waals surface area contributed by atoms with E-state index in [2.05, 4.69) is 10.6 Å². The van der Waals surface area contributed by atoms with Crippen molar-refractivity contribution in [2.24, 2.45) is 0 Å². The van der Waals surface area contributed by atoms with Crippen molar-refractivity contribution in [1.29, 1.82) is 0 Å². The fourth-order valence-corrected chi connectivity index (χ4v) is 2.44. The van der Waals surface area contributed by atoms with E-state index in [-0.39, 0.29) is 30.4 Å². The molecular formula is C17H27ClN3O3+. The number of hydrogen-bond donors (Lipinski definition) is 3. The van der Waals surface area contributed by atoms with Gasteiger partial charge in [0.2, 0.25) is 0 Å². The SMILES string of the molecule is CC[NH+](CC(=O)Nc1ccc(OC)c(Cl)c1)CC(=O)NC(C)(C)C. The number of carbonyl (C=O) groups excluding carboxylic acids is 2. The highest BCUT2D eigenvalue weighted by molar-refractivity contribution is 6.32. The number of likely N-dealkylation sites (N-methyl/N-ethyl adjacent to an activating group) is 1. The van der Waals surface area contributed by atoms with Crippen LogP contribution in [0.5, 0.6) is 5.75 Å². The summed E-state index contributed by atoms with van der Waals surface area (Å²) in [7, 11) is 1.53. The second-order valence-electron chi connectivity index (χ2n) is 6.65. The molecule has 24 heavy (non-hydrogen) atoms. The van der Waals surface area contributed by atoms with Crippen molar-refractivity contribution in [1.82, 2.24) is 5.32 Å². The van der Waals surface area contributed by atoms with Crippen molar-refractivity contribution in [3.05, 3.63) is 23.2 Å². The molecule has 1 aromatic carbocycles. The molecule has 0 saturated carbocycles. The summed E-state index contributed by atoms with van der Waals surface area (Å²) in [4.78, 5) is 25.0. The second-order valence-corrected chi connectivity index (χ2v) is 7.06. The van der Waals surface area contributed by atoms with Gasteiger partial charge in [-0.1, -0.05) is 11.6 Å². The topological polar surface area (TPSA) is 71.9 Å². The van der Waals surface area contributed by atoms with E-state index in [0.29, 0.717) is 23.0 Å². The van der Waals surface area contributed by atoms with E-state index in [4.69, 9.17) is 16.3 Å². The van der Waals surface area contributed by atoms with Crippen molar-refractivity contribution >= 4 is 29.1 Å². The molecule has 1 aromatic rings. The van der Waals surface area contributed by atoms with Crippen LogP contribution < -0.4 is 20.3 Å². The molecule has 1 unspecified atom stereocenters. The third kappa shape index (κ3) is 7.19. The first-order chi connectivity index (χ1) is 11.1. The molecule has 0 aliphatic carbocycles. The summed E-state index contributed by atoms with van der Waals surface area (Å²) < 4.78 is 5.08. The lowest BCUT2D eigenvalue weighted by atomic mass is 10.1. The molecule has 1 atom stereocenters. The zero-order valence-electron chi connectivity index (χ0n) is 15.0. The minimum Gasteiger partial charge on any atom is -0.495 e. The minimum atomic E-state index is -0.280. The van der Waals surface area contributed by atoms with E-state index in [1.165, 1.54) is 7.11 Å². The van der Waals surface area contributed by atoms with Gasteiger partial charge in [-0.15, -0.1) is 0 Å². The van der Waals surface area contributed by atoms with Gasteiger partial charge in [-0.2, -0.15) is 0 Å². The minimum absolute atomic E-state index is 0.0698. The molecular weight excluding hydrogens is 330 g/mol. The number of carbonyl (C=O) groups is 2. The van der Waals surface area contributed by atoms with E-state index in [0.717, 1.165) is 4.90 Å². The van der Waals surface area contributed by atoms with Crippen LogP contribution in [0, 0.1) is 0 Å². The Bertz CT molecular complexity index is 585. The molecule has 6 nitrogen and oxygen atoms in total. The van der Waals surface area contributed by atoms with Gasteiger partial charge in [-0.25, -0.2) is 0 Å². The Hall–Kier alpha value is -1.79. The Labute approximate surface area is 148 Å². The number of halogens is 1. The molecule has 134 valence electrons. The largest absolute Gasteiger partial charge is 0.495 e. The summed E-state index contributed by atoms with van der Waals surface area (Å²) in [5, 5.41) is 6.12. The molecule has 2 amide bonds. The Morgan fingerprint density at radius 2 is 1.83 bits per heavy atom. The van der Waals surface area contributed by atoms with Crippen LogP contribution in [0.1, 0.15) is 27.7 Å². The number of anilines is 1. The van der Waals surface area contributed by atoms with Gasteiger partial charge < -0.3 is 20.3 Å². The monoisotopic (exact) mass is 356 g/mol. The van der Waals surface area contributed by atoms with Crippen molar-refractivity contribution < 1.29 is 19.2 Å². The summed E-state index contributed by atoms with van der Waals surface area (Å²) in [6.45, 7) is 8.86. The number of methoxy groups -OCH3 is 1. The van der Waals surface area contributed by atoms with Gasteiger partial charge in [0.25, 0.3) is 11.8 Å². The van der Waals surface area contributed by atoms with Crippen molar-refractivity contribution in [3.63, 3.8) is 0 Å². The molecule has 0 bridgehead atoms. The molecule has 0 aromatic heterocycles. The molecule has 0 aliphatic rings. The van der Waals surface area contributed by atoms with E-state index in [1.54, 1.807) is 18.2 Å². The van der Waals surface area contributed by atoms with Crippen molar-refractivity contribution in [2.75, 3.05) is 32.1 Å². The first-order valence-corrected chi connectivity index (χ1v) is 8.30. The average Bonchev–Trinajstić information content (AvgIpc) is 2.44. The lowest BCUT2D eigenvalue weighted by Gasteiger charge is -2.23. The second kappa shape index (κ2) is 8.89. The smallest absolute Gasteiger partial charge is 0.279 e. The predicted molar refractivity (Wildman–Crippen MR) is 95.8 cm³/mol. The van der Waals surface area contributed by atoms with Crippen LogP contribution in [-0.4, -0.2) is 44.1 Å². The molecule has 0 aliphatic heterocycles. The Morgan fingerprint density at radius 3 is 2.33 bits per heavy atom. The number of hydrogen-bond acceptors (Lipinski definition) is 3. The number of ether oxygens (including phenoxy) is 1. The molecule has 7 heteroatoms. The summed E-state index contributed by atoms with van der Waals surface area (Å²) >= 11 is 6.04. The first kappa shape index (κ1) is 20.3. The Kier molecular flexibility index (Phi) is 7.51. The highest BCUT2D eigenvalue weighted by Gasteiger charge is 2.20. The highest BCUT2D eigenvalue weighted by Crippen LogP contribution is 2.26. The van der Waals surface area contributed by atoms with E-state index in [1.807, 2.05) is 27.7 Å². The Balaban J connectivity index is 2.58. The fourth-order valence-electron chi connectivity index (χ4n) is 2.18. The van der Waals surface area contributed by atoms with Crippen LogP contribution >= 0.6 is 11.6 Å². The third-order valence-electron chi connectivity index (χ3n) is 3.27. The Morgan fingerprint density at radius 1 is 1.21 bits per heavy atom. The van der Waals surface area contributed by atoms with Crippen LogP contribution in [0.2, 0.25) is 5.02 Å². The lowest BCUT2D eigenvalue weighted by molar-refractivity contribution is -0.881. The number of rotatable bonds is 7. The number of nitrogens with one attached hydrogen (secondary N) is 3. The summed E-state index contributed by atoms with van der Waals surface area (Å²) in [5.74, 6) is 0.311. The van der Waals surface area contributed by atoms with Crippen LogP contribution in [0.25, 0.3) is 0 Å². The molecule has 3 N–H and O–H groups in total. The maximum absolute atomic E-state index is 12.2. The summed E-state index contributed by atoms with van der Waals surface area (Å²) in [6, 6.07) is 5.05. The maximum atomic E-state index is 12.2. The van der Waals surface area contributed by atoms with Gasteiger partial charge >= 0.3 is 0 Å². The molecule has 0 heterocycles. The predicted octanol–water partition coefficient (Wildman–Crippen LogP) is 1.11. The van der Waals surface area contributed by atoms with Crippen LogP contribution in [0.4, 0.5) is 5.69 Å². The number of benzene rings is 1. The van der Waals surface area contributed by atoms with E-state index < -0.39 is 0 Å². The zero-order valence-corrected chi connectivity index (χ0v) is 15.7. The lowest BCUT2D eigenvalue weighted by Crippen LogP contribution is -3.14. The van der Waals surface area contributed by atoms with Gasteiger partial charge in [0.1, 0.15) is 5.75 Å². The molecule has 1 rings (SSSR count). The molecule has 0 spiro atoms. The van der Waals surface area contributed by atoms with Crippen molar-refractivity contribution in [2.45, 2.75) is 33.2 Å². The maximum Gasteiger partial charge on any atom is 0.279 e. The van der Waals surface area contributed by atoms with Gasteiger partial charge in [0.05, 0.1) is 18.7 Å². The fraction of sp³-hybridized carbons (Fsp3) is 0.529.